The van der Waals surface area contributed by atoms with Crippen LogP contribution in [0.2, 0.25) is 5.02 Å². The number of hydrogen-bond donors (Lipinski definition) is 1. The minimum atomic E-state index is -4.29. The molecule has 0 aliphatic carbocycles. The van der Waals surface area contributed by atoms with Crippen molar-refractivity contribution in [3.63, 3.8) is 0 Å². The lowest BCUT2D eigenvalue weighted by Crippen LogP contribution is -2.38. The average molecular weight is 507 g/mol. The Bertz CT molecular complexity index is 1330. The fraction of sp³-hybridized carbons (Fsp3) is 0.208. The molecule has 0 saturated heterocycles. The highest BCUT2D eigenvalue weighted by Crippen LogP contribution is 2.33. The summed E-state index contributed by atoms with van der Waals surface area (Å²) in [5.41, 5.74) is 2.34. The van der Waals surface area contributed by atoms with Gasteiger partial charge >= 0.3 is 0 Å². The first-order valence-electron chi connectivity index (χ1n) is 10.1. The van der Waals surface area contributed by atoms with Gasteiger partial charge in [0.25, 0.3) is 10.0 Å². The number of sulfonamides is 1. The molecule has 0 radical (unpaired) electrons. The van der Waals surface area contributed by atoms with Crippen LogP contribution in [0.4, 0.5) is 15.8 Å². The van der Waals surface area contributed by atoms with Crippen molar-refractivity contribution in [1.29, 1.82) is 0 Å². The lowest BCUT2D eigenvalue weighted by Gasteiger charge is -2.25. The van der Waals surface area contributed by atoms with Crippen molar-refractivity contribution >= 4 is 38.9 Å². The monoisotopic (exact) mass is 506 g/mol. The zero-order valence-electron chi connectivity index (χ0n) is 19.1. The first-order chi connectivity index (χ1) is 16.1. The number of rotatable bonds is 8. The minimum absolute atomic E-state index is 0.0253. The third kappa shape index (κ3) is 5.43. The van der Waals surface area contributed by atoms with Crippen molar-refractivity contribution in [3.05, 3.63) is 76.6 Å². The highest BCUT2D eigenvalue weighted by molar-refractivity contribution is 7.92. The quantitative estimate of drug-likeness (QED) is 0.467. The summed E-state index contributed by atoms with van der Waals surface area (Å²) in [6.45, 7) is 3.13. The number of ether oxygens (including phenoxy) is 2. The van der Waals surface area contributed by atoms with E-state index in [9.17, 15) is 17.6 Å². The first kappa shape index (κ1) is 25.3. The van der Waals surface area contributed by atoms with E-state index in [2.05, 4.69) is 5.32 Å². The van der Waals surface area contributed by atoms with Gasteiger partial charge in [0.15, 0.2) is 11.5 Å². The van der Waals surface area contributed by atoms with E-state index in [4.69, 9.17) is 21.1 Å². The number of aryl methyl sites for hydroxylation is 2. The minimum Gasteiger partial charge on any atom is -0.493 e. The second kappa shape index (κ2) is 10.3. The normalized spacial score (nSPS) is 11.1. The third-order valence-electron chi connectivity index (χ3n) is 5.09. The lowest BCUT2D eigenvalue weighted by atomic mass is 10.1. The molecule has 1 amide bonds. The second-order valence-electron chi connectivity index (χ2n) is 7.49. The Balaban J connectivity index is 2.04. The van der Waals surface area contributed by atoms with Gasteiger partial charge in [-0.25, -0.2) is 12.8 Å². The molecule has 0 unspecified atom stereocenters. The highest BCUT2D eigenvalue weighted by Gasteiger charge is 2.29. The Kier molecular flexibility index (Phi) is 7.68. The van der Waals surface area contributed by atoms with Gasteiger partial charge in [-0.1, -0.05) is 23.7 Å². The standard InChI is InChI=1S/C24H24ClFN2O5S/c1-15-5-6-16(2)21(11-15)27-24(29)14-28(17-7-9-20(26)19(25)12-17)34(30,31)18-8-10-22(32-3)23(13-18)33-4/h5-13H,14H2,1-4H3,(H,27,29). The van der Waals surface area contributed by atoms with Gasteiger partial charge in [-0.05, 0) is 61.4 Å². The second-order valence-corrected chi connectivity index (χ2v) is 9.76. The van der Waals surface area contributed by atoms with Crippen molar-refractivity contribution in [3.8, 4) is 11.5 Å². The van der Waals surface area contributed by atoms with Crippen LogP contribution in [0.1, 0.15) is 11.1 Å². The zero-order valence-corrected chi connectivity index (χ0v) is 20.6. The molecule has 0 heterocycles. The van der Waals surface area contributed by atoms with E-state index >= 15 is 0 Å². The molecule has 3 rings (SSSR count). The first-order valence-corrected chi connectivity index (χ1v) is 12.0. The van der Waals surface area contributed by atoms with Gasteiger partial charge in [-0.2, -0.15) is 0 Å². The molecule has 10 heteroatoms. The number of halogens is 2. The number of benzene rings is 3. The van der Waals surface area contributed by atoms with E-state index in [1.165, 1.54) is 38.5 Å². The van der Waals surface area contributed by atoms with Crippen molar-refractivity contribution in [1.82, 2.24) is 0 Å². The van der Waals surface area contributed by atoms with Crippen molar-refractivity contribution in [2.75, 3.05) is 30.4 Å². The fourth-order valence-corrected chi connectivity index (χ4v) is 4.85. The van der Waals surface area contributed by atoms with Crippen LogP contribution >= 0.6 is 11.6 Å². The smallest absolute Gasteiger partial charge is 0.264 e. The summed E-state index contributed by atoms with van der Waals surface area (Å²) in [4.78, 5) is 12.8. The Morgan fingerprint density at radius 1 is 1.00 bits per heavy atom. The van der Waals surface area contributed by atoms with E-state index in [0.717, 1.165) is 27.6 Å². The molecule has 0 aliphatic rings. The van der Waals surface area contributed by atoms with Gasteiger partial charge in [-0.3, -0.25) is 9.10 Å². The van der Waals surface area contributed by atoms with Crippen LogP contribution in [0.5, 0.6) is 11.5 Å². The molecule has 0 aromatic heterocycles. The summed E-state index contributed by atoms with van der Waals surface area (Å²) < 4.78 is 52.3. The Labute approximate surface area is 203 Å². The van der Waals surface area contributed by atoms with E-state index < -0.39 is 28.3 Å². The van der Waals surface area contributed by atoms with Crippen LogP contribution < -0.4 is 19.1 Å². The SMILES string of the molecule is COc1ccc(S(=O)(=O)N(CC(=O)Nc2cc(C)ccc2C)c2ccc(F)c(Cl)c2)cc1OC. The molecule has 0 aliphatic heterocycles. The third-order valence-corrected chi connectivity index (χ3v) is 7.15. The molecule has 0 spiro atoms. The largest absolute Gasteiger partial charge is 0.493 e. The number of anilines is 2. The topological polar surface area (TPSA) is 84.9 Å². The number of amides is 1. The Hall–Kier alpha value is -3.30. The van der Waals surface area contributed by atoms with Crippen molar-refractivity contribution in [2.24, 2.45) is 0 Å². The average Bonchev–Trinajstić information content (AvgIpc) is 2.81. The Morgan fingerprint density at radius 3 is 2.35 bits per heavy atom. The fourth-order valence-electron chi connectivity index (χ4n) is 3.25. The molecule has 0 atom stereocenters. The van der Waals surface area contributed by atoms with Crippen molar-refractivity contribution < 1.29 is 27.1 Å². The summed E-state index contributed by atoms with van der Waals surface area (Å²) >= 11 is 5.91. The molecular weight excluding hydrogens is 483 g/mol. The van der Waals surface area contributed by atoms with E-state index in [0.29, 0.717) is 11.4 Å². The number of hydrogen-bond acceptors (Lipinski definition) is 5. The maximum atomic E-state index is 13.8. The summed E-state index contributed by atoms with van der Waals surface area (Å²) in [5.74, 6) is -0.766. The summed E-state index contributed by atoms with van der Waals surface area (Å²) in [6, 6.07) is 13.0. The van der Waals surface area contributed by atoms with E-state index in [1.807, 2.05) is 26.0 Å². The van der Waals surface area contributed by atoms with E-state index in [1.54, 1.807) is 6.07 Å². The number of nitrogens with one attached hydrogen (secondary N) is 1. The maximum Gasteiger partial charge on any atom is 0.264 e. The molecule has 1 N–H and O–H groups in total. The summed E-state index contributed by atoms with van der Waals surface area (Å²) in [6.07, 6.45) is 0. The predicted octanol–water partition coefficient (Wildman–Crippen LogP) is 4.95. The van der Waals surface area contributed by atoms with Gasteiger partial charge in [-0.15, -0.1) is 0 Å². The molecule has 3 aromatic rings. The molecule has 7 nitrogen and oxygen atoms in total. The summed E-state index contributed by atoms with van der Waals surface area (Å²) in [7, 11) is -1.49. The molecular formula is C24H24ClFN2O5S. The van der Waals surface area contributed by atoms with Crippen LogP contribution in [-0.4, -0.2) is 35.1 Å². The van der Waals surface area contributed by atoms with Crippen LogP contribution in [0, 0.1) is 19.7 Å². The van der Waals surface area contributed by atoms with Gasteiger partial charge in [0.05, 0.1) is 29.8 Å². The van der Waals surface area contributed by atoms with Gasteiger partial charge < -0.3 is 14.8 Å². The van der Waals surface area contributed by atoms with Crippen LogP contribution in [0.3, 0.4) is 0 Å². The Morgan fingerprint density at radius 2 is 1.71 bits per heavy atom. The molecule has 0 fully saturated rings. The van der Waals surface area contributed by atoms with E-state index in [-0.39, 0.29) is 21.4 Å². The van der Waals surface area contributed by atoms with Crippen LogP contribution in [0.25, 0.3) is 0 Å². The number of nitrogens with zero attached hydrogens (tertiary/aromatic N) is 1. The predicted molar refractivity (Wildman–Crippen MR) is 130 cm³/mol. The maximum absolute atomic E-state index is 13.8. The van der Waals surface area contributed by atoms with Gasteiger partial charge in [0.1, 0.15) is 12.4 Å². The zero-order chi connectivity index (χ0) is 25.0. The lowest BCUT2D eigenvalue weighted by molar-refractivity contribution is -0.114. The number of carbonyl (C=O) groups excluding carboxylic acids is 1. The molecule has 34 heavy (non-hydrogen) atoms. The highest BCUT2D eigenvalue weighted by atomic mass is 35.5. The van der Waals surface area contributed by atoms with Crippen LogP contribution in [-0.2, 0) is 14.8 Å². The van der Waals surface area contributed by atoms with Gasteiger partial charge in [0, 0.05) is 11.8 Å². The molecule has 0 bridgehead atoms. The molecule has 180 valence electrons. The van der Waals surface area contributed by atoms with Crippen molar-refractivity contribution in [2.45, 2.75) is 18.7 Å². The molecule has 3 aromatic carbocycles. The molecule has 0 saturated carbocycles. The number of methoxy groups -OCH3 is 2. The summed E-state index contributed by atoms with van der Waals surface area (Å²) in [5, 5.41) is 2.47. The van der Waals surface area contributed by atoms with Crippen LogP contribution in [0.15, 0.2) is 59.5 Å². The van der Waals surface area contributed by atoms with Gasteiger partial charge in [0.2, 0.25) is 5.91 Å². The number of carbonyl (C=O) groups is 1.